The Balaban J connectivity index is 0.00000120. The van der Waals surface area contributed by atoms with E-state index in [1.165, 1.54) is 17.8 Å². The summed E-state index contributed by atoms with van der Waals surface area (Å²) in [5.74, 6) is 0. The Morgan fingerprint density at radius 1 is 1.41 bits per heavy atom. The molecule has 0 aliphatic carbocycles. The van der Waals surface area contributed by atoms with Crippen molar-refractivity contribution in [2.45, 2.75) is 44.7 Å². The number of fused-ring (bicyclic) bond motifs is 2. The first-order valence-electron chi connectivity index (χ1n) is 6.50. The Hall–Kier alpha value is -1.09. The molecule has 3 heterocycles. The van der Waals surface area contributed by atoms with Crippen molar-refractivity contribution in [3.8, 4) is 0 Å². The number of nitrogens with one attached hydrogen (secondary N) is 1. The summed E-state index contributed by atoms with van der Waals surface area (Å²) in [6.07, 6.45) is 3.34. The molecule has 0 unspecified atom stereocenters. The van der Waals surface area contributed by atoms with Crippen LogP contribution in [0.5, 0.6) is 0 Å². The molecule has 0 spiro atoms. The zero-order valence-corrected chi connectivity index (χ0v) is 10.9. The second-order valence-electron chi connectivity index (χ2n) is 6.30. The van der Waals surface area contributed by atoms with Gasteiger partial charge in [-0.2, -0.15) is 0 Å². The number of hydrogen-bond donors (Lipinski definition) is 1. The van der Waals surface area contributed by atoms with Crippen molar-refractivity contribution in [1.82, 2.24) is 10.3 Å². The Morgan fingerprint density at radius 2 is 2.24 bits per heavy atom. The monoisotopic (exact) mass is 233 g/mol. The van der Waals surface area contributed by atoms with Crippen molar-refractivity contribution < 1.29 is 1.43 Å². The lowest BCUT2D eigenvalue weighted by atomic mass is 9.92. The van der Waals surface area contributed by atoms with Crippen LogP contribution < -0.4 is 10.2 Å². The number of nitrogens with zero attached hydrogens (tertiary/aromatic N) is 2. The zero-order chi connectivity index (χ0) is 12.0. The van der Waals surface area contributed by atoms with Crippen molar-refractivity contribution in [1.29, 1.82) is 0 Å². The molecule has 3 rings (SSSR count). The van der Waals surface area contributed by atoms with Gasteiger partial charge in [-0.3, -0.25) is 4.98 Å². The largest absolute Gasteiger partial charge is 0.364 e. The van der Waals surface area contributed by atoms with Gasteiger partial charge in [-0.1, -0.05) is 20.8 Å². The molecular weight excluding hydrogens is 210 g/mol. The van der Waals surface area contributed by atoms with E-state index in [1.54, 1.807) is 0 Å². The van der Waals surface area contributed by atoms with E-state index < -0.39 is 0 Å². The summed E-state index contributed by atoms with van der Waals surface area (Å²) in [6, 6.07) is 5.79. The van der Waals surface area contributed by atoms with Crippen molar-refractivity contribution in [2.24, 2.45) is 0 Å². The fourth-order valence-electron chi connectivity index (χ4n) is 2.88. The average molecular weight is 233 g/mol. The van der Waals surface area contributed by atoms with Crippen molar-refractivity contribution in [3.05, 3.63) is 24.0 Å². The Morgan fingerprint density at radius 3 is 2.71 bits per heavy atom. The highest BCUT2D eigenvalue weighted by molar-refractivity contribution is 5.49. The Bertz CT molecular complexity index is 410. The first kappa shape index (κ1) is 11.0. The first-order chi connectivity index (χ1) is 8.04. The average Bonchev–Trinajstić information content (AvgIpc) is 2.89. The van der Waals surface area contributed by atoms with Gasteiger partial charge in [0.25, 0.3) is 0 Å². The van der Waals surface area contributed by atoms with Crippen LogP contribution in [0.2, 0.25) is 0 Å². The van der Waals surface area contributed by atoms with Gasteiger partial charge in [-0.15, -0.1) is 0 Å². The maximum absolute atomic E-state index is 4.62. The van der Waals surface area contributed by atoms with Gasteiger partial charge >= 0.3 is 0 Å². The van der Waals surface area contributed by atoms with Gasteiger partial charge in [0, 0.05) is 37.7 Å². The molecular formula is C14H23N3. The minimum Gasteiger partial charge on any atom is -0.364 e. The van der Waals surface area contributed by atoms with Gasteiger partial charge in [-0.25, -0.2) is 0 Å². The van der Waals surface area contributed by atoms with E-state index in [9.17, 15) is 0 Å². The predicted molar refractivity (Wildman–Crippen MR) is 72.6 cm³/mol. The highest BCUT2D eigenvalue weighted by Gasteiger charge is 2.37. The molecule has 1 aromatic rings. The lowest BCUT2D eigenvalue weighted by Crippen LogP contribution is -2.43. The number of aromatic nitrogens is 1. The number of pyridine rings is 1. The fourth-order valence-corrected chi connectivity index (χ4v) is 2.88. The number of rotatable bonds is 1. The van der Waals surface area contributed by atoms with E-state index in [4.69, 9.17) is 0 Å². The molecule has 2 bridgehead atoms. The minimum absolute atomic E-state index is 0. The zero-order valence-electron chi connectivity index (χ0n) is 10.9. The topological polar surface area (TPSA) is 28.2 Å². The van der Waals surface area contributed by atoms with E-state index in [0.717, 1.165) is 13.1 Å². The molecule has 1 aromatic heterocycles. The molecule has 2 aliphatic rings. The van der Waals surface area contributed by atoms with Gasteiger partial charge in [0.1, 0.15) is 0 Å². The smallest absolute Gasteiger partial charge is 0.0556 e. The van der Waals surface area contributed by atoms with Crippen LogP contribution in [0, 0.1) is 0 Å². The summed E-state index contributed by atoms with van der Waals surface area (Å²) in [6.45, 7) is 8.89. The van der Waals surface area contributed by atoms with E-state index in [1.807, 2.05) is 6.20 Å². The van der Waals surface area contributed by atoms with E-state index in [2.05, 4.69) is 48.1 Å². The molecule has 94 valence electrons. The lowest BCUT2D eigenvalue weighted by molar-refractivity contribution is 0.564. The highest BCUT2D eigenvalue weighted by atomic mass is 15.3. The molecule has 2 atom stereocenters. The summed E-state index contributed by atoms with van der Waals surface area (Å²) in [4.78, 5) is 7.12. The van der Waals surface area contributed by atoms with Crippen LogP contribution >= 0.6 is 0 Å². The molecule has 3 heteroatoms. The van der Waals surface area contributed by atoms with Crippen molar-refractivity contribution in [3.63, 3.8) is 0 Å². The Labute approximate surface area is 105 Å². The fraction of sp³-hybridized carbons (Fsp3) is 0.643. The third-order valence-electron chi connectivity index (χ3n) is 3.90. The lowest BCUT2D eigenvalue weighted by Gasteiger charge is -2.29. The molecule has 0 amide bonds. The van der Waals surface area contributed by atoms with Gasteiger partial charge in [0.15, 0.2) is 0 Å². The van der Waals surface area contributed by atoms with E-state index >= 15 is 0 Å². The van der Waals surface area contributed by atoms with Crippen molar-refractivity contribution in [2.75, 3.05) is 18.0 Å². The Kier molecular flexibility index (Phi) is 2.40. The van der Waals surface area contributed by atoms with Crippen LogP contribution in [-0.2, 0) is 5.41 Å². The van der Waals surface area contributed by atoms with Crippen LogP contribution in [0.3, 0.4) is 0 Å². The molecule has 1 N–H and O–H groups in total. The normalized spacial score (nSPS) is 27.8. The number of anilines is 1. The minimum atomic E-state index is 0. The van der Waals surface area contributed by atoms with Crippen molar-refractivity contribution >= 4 is 5.69 Å². The summed E-state index contributed by atoms with van der Waals surface area (Å²) in [5.41, 5.74) is 2.60. The maximum Gasteiger partial charge on any atom is 0.0556 e. The molecule has 3 nitrogen and oxygen atoms in total. The van der Waals surface area contributed by atoms with Crippen LogP contribution in [-0.4, -0.2) is 30.2 Å². The van der Waals surface area contributed by atoms with Gasteiger partial charge in [0.2, 0.25) is 0 Å². The third kappa shape index (κ3) is 1.93. The standard InChI is InChI=1S/C14H21N3.H2/c1-14(2,3)13-5-4-11(7-16-13)17-9-10-6-12(17)8-15-10;/h4-5,7,10,12,15H,6,8-9H2,1-3H3;1H/t10-,12-;/m0./s1. The SMILES string of the molecule is CC(C)(C)c1ccc(N2C[C@@H]3C[C@H]2CN3)cn1.[HH]. The summed E-state index contributed by atoms with van der Waals surface area (Å²) >= 11 is 0. The van der Waals surface area contributed by atoms with Crippen LogP contribution in [0.1, 0.15) is 34.3 Å². The molecule has 17 heavy (non-hydrogen) atoms. The summed E-state index contributed by atoms with van der Waals surface area (Å²) in [7, 11) is 0. The highest BCUT2D eigenvalue weighted by Crippen LogP contribution is 2.30. The summed E-state index contributed by atoms with van der Waals surface area (Å²) < 4.78 is 0. The number of piperazine rings is 1. The molecule has 2 saturated heterocycles. The van der Waals surface area contributed by atoms with E-state index in [0.29, 0.717) is 12.1 Å². The summed E-state index contributed by atoms with van der Waals surface area (Å²) in [5, 5.41) is 3.53. The van der Waals surface area contributed by atoms with Crippen LogP contribution in [0.4, 0.5) is 5.69 Å². The first-order valence-corrected chi connectivity index (χ1v) is 6.50. The van der Waals surface area contributed by atoms with Crippen LogP contribution in [0.15, 0.2) is 18.3 Å². The molecule has 0 radical (unpaired) electrons. The number of hydrogen-bond acceptors (Lipinski definition) is 3. The quantitative estimate of drug-likeness (QED) is 0.806. The van der Waals surface area contributed by atoms with Crippen LogP contribution in [0.25, 0.3) is 0 Å². The second kappa shape index (κ2) is 3.70. The third-order valence-corrected chi connectivity index (χ3v) is 3.90. The predicted octanol–water partition coefficient (Wildman–Crippen LogP) is 2.18. The maximum atomic E-state index is 4.62. The molecule has 0 aromatic carbocycles. The van der Waals surface area contributed by atoms with Gasteiger partial charge in [0.05, 0.1) is 11.9 Å². The van der Waals surface area contributed by atoms with Gasteiger partial charge in [-0.05, 0) is 18.6 Å². The van der Waals surface area contributed by atoms with Gasteiger partial charge < -0.3 is 10.2 Å². The molecule has 0 saturated carbocycles. The second-order valence-corrected chi connectivity index (χ2v) is 6.30. The van der Waals surface area contributed by atoms with E-state index in [-0.39, 0.29) is 6.84 Å². The molecule has 2 aliphatic heterocycles. The molecule has 2 fully saturated rings.